The van der Waals surface area contributed by atoms with Crippen LogP contribution in [-0.2, 0) is 52.9 Å². The van der Waals surface area contributed by atoms with Gasteiger partial charge in [-0.1, -0.05) is 185 Å². The first-order valence-corrected chi connectivity index (χ1v) is 30.4. The van der Waals surface area contributed by atoms with Crippen molar-refractivity contribution in [2.75, 3.05) is 17.7 Å². The van der Waals surface area contributed by atoms with Gasteiger partial charge in [0.05, 0.1) is 23.1 Å². The summed E-state index contributed by atoms with van der Waals surface area (Å²) in [6, 6.07) is 18.9. The Kier molecular flexibility index (Phi) is 22.2. The number of anilines is 1. The summed E-state index contributed by atoms with van der Waals surface area (Å²) >= 11 is 1.38. The molecule has 1 aromatic heterocycles. The van der Waals surface area contributed by atoms with Gasteiger partial charge in [-0.3, -0.25) is 9.59 Å². The van der Waals surface area contributed by atoms with Gasteiger partial charge in [-0.2, -0.15) is 0 Å². The Balaban J connectivity index is 0.0000123. The molecule has 3 aliphatic rings. The maximum atomic E-state index is 15.8. The van der Waals surface area contributed by atoms with Crippen molar-refractivity contribution < 1.29 is 57.7 Å². The summed E-state index contributed by atoms with van der Waals surface area (Å²) in [5, 5.41) is 5.52. The van der Waals surface area contributed by atoms with Crippen LogP contribution in [-0.4, -0.2) is 65.4 Å². The number of aliphatic imine (C=N–C) groups is 1. The fourth-order valence-corrected chi connectivity index (χ4v) is 12.8. The molecule has 2 heterocycles. The zero-order chi connectivity index (χ0) is 60.3. The van der Waals surface area contributed by atoms with Gasteiger partial charge in [-0.15, -0.1) is 11.8 Å². The number of ether oxygens (including phenoxy) is 3. The SMILES string of the molecule is C=C(C)C(=O)OCCCSC(C)C(=O)NC1=N/C(=C\c2[n-]c(NC(=O)C(C)(C)C)c(C(=O)OC3C(C(C)(C)C)CC(C)CC3C(C)(C)C)c2-c2ccccc2)C(c2ccccc2)=C1C(=O)OC1C(C(C)(C)C)CC(C)CC1C(C)(C)C.[Zn+2]. The molecule has 5 unspecified atom stereocenters. The summed E-state index contributed by atoms with van der Waals surface area (Å²) in [6.45, 7) is 43.7. The number of nitrogens with one attached hydrogen (secondary N) is 2. The second-order valence-electron chi connectivity index (χ2n) is 28.8. The number of hydrogen-bond donors (Lipinski definition) is 2. The first-order valence-electron chi connectivity index (χ1n) is 29.3. The van der Waals surface area contributed by atoms with Gasteiger partial charge in [-0.25, -0.2) is 19.4 Å². The van der Waals surface area contributed by atoms with E-state index in [9.17, 15) is 14.4 Å². The molecule has 3 aromatic rings. The third-order valence-corrected chi connectivity index (χ3v) is 17.9. The van der Waals surface area contributed by atoms with E-state index in [1.807, 2.05) is 60.7 Å². The number of hydrogen-bond acceptors (Lipinski definition) is 10. The Morgan fingerprint density at radius 2 is 1.15 bits per heavy atom. The van der Waals surface area contributed by atoms with E-state index in [1.165, 1.54) is 11.8 Å². The van der Waals surface area contributed by atoms with Crippen LogP contribution in [0.25, 0.3) is 22.8 Å². The van der Waals surface area contributed by atoms with Crippen molar-refractivity contribution in [1.29, 1.82) is 0 Å². The first kappa shape index (κ1) is 67.7. The molecule has 1 aliphatic heterocycles. The third kappa shape index (κ3) is 16.6. The van der Waals surface area contributed by atoms with Crippen LogP contribution in [0.2, 0.25) is 0 Å². The number of amidine groups is 1. The summed E-state index contributed by atoms with van der Waals surface area (Å²) in [6.07, 6.45) is 4.85. The Bertz CT molecular complexity index is 2840. The molecule has 0 bridgehead atoms. The minimum absolute atomic E-state index is 0. The normalized spacial score (nSPS) is 23.5. The van der Waals surface area contributed by atoms with Crippen LogP contribution in [0.3, 0.4) is 0 Å². The number of carbonyl (C=O) groups is 5. The largest absolute Gasteiger partial charge is 2.00 e. The zero-order valence-electron chi connectivity index (χ0n) is 53.0. The summed E-state index contributed by atoms with van der Waals surface area (Å²) in [4.78, 5) is 82.6. The second-order valence-corrected chi connectivity index (χ2v) is 30.3. The number of allylic oxidation sites excluding steroid dienone is 1. The van der Waals surface area contributed by atoms with Crippen molar-refractivity contribution in [3.05, 3.63) is 101 Å². The Hall–Kier alpha value is -5.07. The second kappa shape index (κ2) is 26.9. The zero-order valence-corrected chi connectivity index (χ0v) is 56.8. The van der Waals surface area contributed by atoms with Gasteiger partial charge in [0.2, 0.25) is 5.91 Å². The minimum Gasteiger partial charge on any atom is -0.462 e. The molecule has 2 aromatic carbocycles. The summed E-state index contributed by atoms with van der Waals surface area (Å²) < 4.78 is 19.3. The minimum atomic E-state index is -0.873. The van der Waals surface area contributed by atoms with E-state index in [0.29, 0.717) is 57.5 Å². The van der Waals surface area contributed by atoms with Gasteiger partial charge in [0.15, 0.2) is 0 Å². The Morgan fingerprint density at radius 3 is 1.59 bits per heavy atom. The van der Waals surface area contributed by atoms with Crippen LogP contribution in [0, 0.1) is 62.6 Å². The van der Waals surface area contributed by atoms with Gasteiger partial charge >= 0.3 is 37.4 Å². The van der Waals surface area contributed by atoms with Crippen LogP contribution in [0.5, 0.6) is 0 Å². The summed E-state index contributed by atoms with van der Waals surface area (Å²) in [7, 11) is 0. The average molecular weight is 1190 g/mol. The number of aromatic nitrogens is 1. The molecular formula is C68H95N4O8SZn+. The molecular weight excluding hydrogens is 1100 g/mol. The van der Waals surface area contributed by atoms with E-state index in [4.69, 9.17) is 24.2 Å². The molecule has 5 atom stereocenters. The smallest absolute Gasteiger partial charge is 0.462 e. The standard InChI is InChI=1S/C68H96N4O8S.Zn/c1-39(2)60(74)78-32-27-33-81-42(5)59(73)71-57-53(61(75)79-55-45(64(6,7)8)34-40(3)35-46(55)65(9,10)11)51(43-28-23-21-24-29-43)49(69-57)38-50-52(44-30-25-22-26-31-44)54(58(70-50)72-63(77)68(18,19)20)62(76)80-56-47(66(12,13)14)36-41(4)37-48(56)67(15,16)17;/h21-26,28-31,38,40-42,45-48,55-56H,1,27,32-37H2,2-20H3,(H3,69,70,71,72,73,75,76,77);/q;+2/p-1. The number of thioether (sulfide) groups is 1. The number of benzene rings is 2. The predicted octanol–water partition coefficient (Wildman–Crippen LogP) is 15.2. The van der Waals surface area contributed by atoms with E-state index >= 15 is 9.59 Å². The number of nitrogens with zero attached hydrogens (tertiary/aromatic N) is 2. The van der Waals surface area contributed by atoms with E-state index in [2.05, 4.69) is 114 Å². The van der Waals surface area contributed by atoms with Crippen LogP contribution < -0.4 is 15.6 Å². The van der Waals surface area contributed by atoms with Gasteiger partial charge in [0, 0.05) is 40.2 Å². The monoisotopic (exact) mass is 1190 g/mol. The van der Waals surface area contributed by atoms with E-state index < -0.39 is 46.7 Å². The molecule has 2 amide bonds. The first-order chi connectivity index (χ1) is 37.5. The van der Waals surface area contributed by atoms with E-state index in [0.717, 1.165) is 25.7 Å². The summed E-state index contributed by atoms with van der Waals surface area (Å²) in [5.74, 6) is -0.933. The van der Waals surface area contributed by atoms with Gasteiger partial charge in [0.1, 0.15) is 29.5 Å². The number of esters is 3. The maximum Gasteiger partial charge on any atom is 2.00 e. The molecule has 12 nitrogen and oxygen atoms in total. The van der Waals surface area contributed by atoms with Gasteiger partial charge < -0.3 is 29.8 Å². The van der Waals surface area contributed by atoms with E-state index in [-0.39, 0.29) is 106 Å². The topological polar surface area (TPSA) is 164 Å². The van der Waals surface area contributed by atoms with E-state index in [1.54, 1.807) is 40.7 Å². The molecule has 82 heavy (non-hydrogen) atoms. The molecule has 0 spiro atoms. The molecule has 442 valence electrons. The van der Waals surface area contributed by atoms with Crippen molar-refractivity contribution in [2.45, 2.75) is 181 Å². The van der Waals surface area contributed by atoms with Crippen LogP contribution in [0.15, 0.2) is 89.1 Å². The molecule has 2 fully saturated rings. The molecule has 2 aliphatic carbocycles. The van der Waals surface area contributed by atoms with Crippen molar-refractivity contribution >= 4 is 64.8 Å². The van der Waals surface area contributed by atoms with Crippen LogP contribution in [0.1, 0.15) is 185 Å². The fourth-order valence-electron chi connectivity index (χ4n) is 12.0. The van der Waals surface area contributed by atoms with Crippen molar-refractivity contribution in [2.24, 2.45) is 67.6 Å². The average Bonchev–Trinajstić information content (AvgIpc) is 4.06. The maximum absolute atomic E-state index is 15.8. The third-order valence-electron chi connectivity index (χ3n) is 16.7. The molecule has 2 N–H and O–H groups in total. The molecule has 0 saturated heterocycles. The number of rotatable bonds is 15. The quantitative estimate of drug-likeness (QED) is 0.0492. The number of carbonyl (C=O) groups excluding carboxylic acids is 5. The number of amides is 2. The fraction of sp³-hybridized carbons (Fsp3) is 0.588. The van der Waals surface area contributed by atoms with Gasteiger partial charge in [-0.05, 0) is 119 Å². The van der Waals surface area contributed by atoms with Crippen molar-refractivity contribution in [3.8, 4) is 11.1 Å². The van der Waals surface area contributed by atoms with Crippen molar-refractivity contribution in [3.63, 3.8) is 0 Å². The molecule has 2 saturated carbocycles. The predicted molar refractivity (Wildman–Crippen MR) is 330 cm³/mol. The van der Waals surface area contributed by atoms with Crippen LogP contribution >= 0.6 is 11.8 Å². The Morgan fingerprint density at radius 1 is 0.695 bits per heavy atom. The molecule has 0 radical (unpaired) electrons. The summed E-state index contributed by atoms with van der Waals surface area (Å²) in [5.41, 5.74) is 1.49. The molecule has 14 heteroatoms. The van der Waals surface area contributed by atoms with Crippen LogP contribution in [0.4, 0.5) is 5.82 Å². The van der Waals surface area contributed by atoms with Gasteiger partial charge in [0.25, 0.3) is 0 Å². The van der Waals surface area contributed by atoms with Crippen molar-refractivity contribution in [1.82, 2.24) is 10.3 Å². The Labute approximate surface area is 508 Å². The molecule has 6 rings (SSSR count).